The molecule has 74 valence electrons. The van der Waals surface area contributed by atoms with E-state index in [2.05, 4.69) is 4.98 Å². The third kappa shape index (κ3) is 1.78. The molecule has 0 aliphatic rings. The number of halogens is 2. The molecule has 0 atom stereocenters. The summed E-state index contributed by atoms with van der Waals surface area (Å²) in [4.78, 5) is 3.35. The highest BCUT2D eigenvalue weighted by Crippen LogP contribution is 2.24. The molecule has 0 amide bonds. The average Bonchev–Trinajstić information content (AvgIpc) is 2.16. The average molecular weight is 199 g/mol. The summed E-state index contributed by atoms with van der Waals surface area (Å²) >= 11 is 0. The van der Waals surface area contributed by atoms with Crippen molar-refractivity contribution in [3.63, 3.8) is 0 Å². The number of hydrogen-bond acceptors (Lipinski definition) is 4. The van der Waals surface area contributed by atoms with Crippen molar-refractivity contribution >= 4 is 5.82 Å². The number of nitrogen functional groups attached to an aromatic ring is 1. The van der Waals surface area contributed by atoms with Crippen molar-refractivity contribution < 1.29 is 13.9 Å². The number of hydrogen-bond donors (Lipinski definition) is 2. The quantitative estimate of drug-likeness (QED) is 0.743. The van der Waals surface area contributed by atoms with Crippen LogP contribution in [0.3, 0.4) is 0 Å². The molecule has 14 heavy (non-hydrogen) atoms. The summed E-state index contributed by atoms with van der Waals surface area (Å²) in [5, 5.41) is 17.4. The van der Waals surface area contributed by atoms with Crippen molar-refractivity contribution in [2.75, 3.05) is 5.73 Å². The second kappa shape index (κ2) is 3.98. The van der Waals surface area contributed by atoms with Crippen LogP contribution >= 0.6 is 0 Å². The maximum Gasteiger partial charge on any atom is 0.281 e. The van der Waals surface area contributed by atoms with Gasteiger partial charge in [0, 0.05) is 5.56 Å². The number of aliphatic hydroxyl groups is 1. The summed E-state index contributed by atoms with van der Waals surface area (Å²) in [5.74, 6) is -0.136. The van der Waals surface area contributed by atoms with Gasteiger partial charge in [0.2, 0.25) is 0 Å². The number of aliphatic hydroxyl groups excluding tert-OH is 1. The smallest absolute Gasteiger partial charge is 0.281 e. The van der Waals surface area contributed by atoms with Crippen LogP contribution in [0.5, 0.6) is 0 Å². The molecule has 6 heteroatoms. The lowest BCUT2D eigenvalue weighted by Crippen LogP contribution is -2.04. The van der Waals surface area contributed by atoms with Gasteiger partial charge in [-0.2, -0.15) is 5.26 Å². The van der Waals surface area contributed by atoms with E-state index in [-0.39, 0.29) is 16.9 Å². The van der Waals surface area contributed by atoms with E-state index in [0.717, 1.165) is 0 Å². The number of nitrogens with zero attached hydrogens (tertiary/aromatic N) is 2. The van der Waals surface area contributed by atoms with E-state index >= 15 is 0 Å². The molecule has 4 nitrogen and oxygen atoms in total. The molecule has 0 aliphatic carbocycles. The molecule has 0 fully saturated rings. The van der Waals surface area contributed by atoms with Gasteiger partial charge in [-0.05, 0) is 6.07 Å². The Morgan fingerprint density at radius 1 is 1.64 bits per heavy atom. The summed E-state index contributed by atoms with van der Waals surface area (Å²) in [5.41, 5.74) is 4.30. The normalized spacial score (nSPS) is 10.2. The lowest BCUT2D eigenvalue weighted by atomic mass is 10.1. The fraction of sp³-hybridized carbons (Fsp3) is 0.250. The Morgan fingerprint density at radius 2 is 2.29 bits per heavy atom. The van der Waals surface area contributed by atoms with Crippen LogP contribution in [0.25, 0.3) is 0 Å². The molecular weight excluding hydrogens is 192 g/mol. The third-order valence-corrected chi connectivity index (χ3v) is 1.64. The fourth-order valence-electron chi connectivity index (χ4n) is 1.05. The van der Waals surface area contributed by atoms with Crippen LogP contribution in [0.15, 0.2) is 6.07 Å². The first-order valence-electron chi connectivity index (χ1n) is 3.68. The van der Waals surface area contributed by atoms with Gasteiger partial charge in [0.25, 0.3) is 6.43 Å². The van der Waals surface area contributed by atoms with Gasteiger partial charge in [0.05, 0.1) is 12.2 Å². The third-order valence-electron chi connectivity index (χ3n) is 1.64. The molecule has 0 spiro atoms. The Morgan fingerprint density at radius 3 is 2.71 bits per heavy atom. The van der Waals surface area contributed by atoms with Gasteiger partial charge in [-0.1, -0.05) is 0 Å². The summed E-state index contributed by atoms with van der Waals surface area (Å²) in [6, 6.07) is 2.76. The fourth-order valence-corrected chi connectivity index (χ4v) is 1.05. The predicted octanol–water partition coefficient (Wildman–Crippen LogP) is 0.965. The van der Waals surface area contributed by atoms with Gasteiger partial charge in [-0.15, -0.1) is 0 Å². The molecule has 0 aromatic carbocycles. The van der Waals surface area contributed by atoms with Gasteiger partial charge in [0.1, 0.15) is 17.6 Å². The summed E-state index contributed by atoms with van der Waals surface area (Å²) in [7, 11) is 0. The van der Waals surface area contributed by atoms with Gasteiger partial charge in [-0.3, -0.25) is 0 Å². The Kier molecular flexibility index (Phi) is 2.94. The Labute approximate surface area is 78.6 Å². The summed E-state index contributed by atoms with van der Waals surface area (Å²) in [6.07, 6.45) is -2.88. The number of aromatic nitrogens is 1. The van der Waals surface area contributed by atoms with Crippen molar-refractivity contribution in [3.05, 3.63) is 22.9 Å². The Hall–Kier alpha value is -1.74. The van der Waals surface area contributed by atoms with Crippen LogP contribution in [-0.2, 0) is 6.61 Å². The minimum Gasteiger partial charge on any atom is -0.392 e. The topological polar surface area (TPSA) is 82.9 Å². The molecule has 1 heterocycles. The predicted molar refractivity (Wildman–Crippen MR) is 44.2 cm³/mol. The van der Waals surface area contributed by atoms with E-state index in [4.69, 9.17) is 16.1 Å². The second-order valence-electron chi connectivity index (χ2n) is 2.54. The van der Waals surface area contributed by atoms with Crippen LogP contribution in [0, 0.1) is 11.3 Å². The first kappa shape index (κ1) is 10.3. The van der Waals surface area contributed by atoms with E-state index in [1.165, 1.54) is 6.07 Å². The molecule has 0 aliphatic heterocycles. The highest BCUT2D eigenvalue weighted by Gasteiger charge is 2.18. The van der Waals surface area contributed by atoms with Crippen LogP contribution in [0.4, 0.5) is 14.6 Å². The first-order valence-corrected chi connectivity index (χ1v) is 3.68. The maximum atomic E-state index is 12.4. The number of alkyl halides is 2. The summed E-state index contributed by atoms with van der Waals surface area (Å²) in [6.45, 7) is -0.519. The lowest BCUT2D eigenvalue weighted by Gasteiger charge is -2.07. The van der Waals surface area contributed by atoms with Crippen molar-refractivity contribution in [1.82, 2.24) is 4.98 Å². The second-order valence-corrected chi connectivity index (χ2v) is 2.54. The van der Waals surface area contributed by atoms with Gasteiger partial charge >= 0.3 is 0 Å². The summed E-state index contributed by atoms with van der Waals surface area (Å²) < 4.78 is 24.7. The number of nitrogens with two attached hydrogens (primary N) is 1. The van der Waals surface area contributed by atoms with E-state index < -0.39 is 18.7 Å². The Balaban J connectivity index is 3.41. The molecule has 1 aromatic rings. The van der Waals surface area contributed by atoms with E-state index in [0.29, 0.717) is 0 Å². The van der Waals surface area contributed by atoms with Gasteiger partial charge in [0.15, 0.2) is 0 Å². The molecule has 0 unspecified atom stereocenters. The van der Waals surface area contributed by atoms with Crippen molar-refractivity contribution in [2.45, 2.75) is 13.0 Å². The highest BCUT2D eigenvalue weighted by atomic mass is 19.3. The number of rotatable bonds is 2. The molecule has 0 saturated carbocycles. The van der Waals surface area contributed by atoms with Crippen LogP contribution in [0.2, 0.25) is 0 Å². The van der Waals surface area contributed by atoms with Crippen molar-refractivity contribution in [2.24, 2.45) is 0 Å². The zero-order chi connectivity index (χ0) is 10.7. The standard InChI is InChI=1S/C8H7F2N3O/c9-8(10)7-5(2-11)4(3-14)1-6(12)13-7/h1,8,14H,3H2,(H2,12,13). The zero-order valence-electron chi connectivity index (χ0n) is 7.04. The molecule has 0 saturated heterocycles. The number of anilines is 1. The van der Waals surface area contributed by atoms with Crippen molar-refractivity contribution in [1.29, 1.82) is 5.26 Å². The minimum atomic E-state index is -2.88. The SMILES string of the molecule is N#Cc1c(CO)cc(N)nc1C(F)F. The molecule has 1 aromatic heterocycles. The monoisotopic (exact) mass is 199 g/mol. The largest absolute Gasteiger partial charge is 0.392 e. The molecular formula is C8H7F2N3O. The number of nitriles is 1. The van der Waals surface area contributed by atoms with E-state index in [1.54, 1.807) is 6.07 Å². The molecule has 0 radical (unpaired) electrons. The Bertz CT molecular complexity index is 387. The minimum absolute atomic E-state index is 0.0651. The number of pyridine rings is 1. The van der Waals surface area contributed by atoms with E-state index in [9.17, 15) is 8.78 Å². The van der Waals surface area contributed by atoms with Gasteiger partial charge in [-0.25, -0.2) is 13.8 Å². The van der Waals surface area contributed by atoms with Crippen LogP contribution in [0.1, 0.15) is 23.2 Å². The molecule has 3 N–H and O–H groups in total. The van der Waals surface area contributed by atoms with E-state index in [1.807, 2.05) is 0 Å². The molecule has 1 rings (SSSR count). The van der Waals surface area contributed by atoms with Crippen LogP contribution < -0.4 is 5.73 Å². The first-order chi connectivity index (χ1) is 6.60. The maximum absolute atomic E-state index is 12.4. The molecule has 0 bridgehead atoms. The lowest BCUT2D eigenvalue weighted by molar-refractivity contribution is 0.145. The van der Waals surface area contributed by atoms with Crippen LogP contribution in [-0.4, -0.2) is 10.1 Å². The highest BCUT2D eigenvalue weighted by molar-refractivity contribution is 5.47. The van der Waals surface area contributed by atoms with Gasteiger partial charge < -0.3 is 10.8 Å². The zero-order valence-corrected chi connectivity index (χ0v) is 7.04. The van der Waals surface area contributed by atoms with Crippen molar-refractivity contribution in [3.8, 4) is 6.07 Å².